The van der Waals surface area contributed by atoms with E-state index in [0.29, 0.717) is 11.4 Å². The SMILES string of the molecule is CC(=O)Nc1ccc(NC(=O)/C(C#N)=C\NC23CC4CC(CC(C4)C2)C3)cc1. The standard InChI is InChI=1S/C22H26N4O2/c1-14(27)25-19-2-4-20(5-3-19)26-21(28)18(12-23)13-24-22-9-15-6-16(10-22)8-17(7-15)11-22/h2-5,13,15-17,24H,6-11H2,1H3,(H,25,27)(H,26,28)/b18-13-. The molecule has 146 valence electrons. The van der Waals surface area contributed by atoms with Crippen LogP contribution in [-0.4, -0.2) is 17.4 Å². The third-order valence-corrected chi connectivity index (χ3v) is 6.39. The van der Waals surface area contributed by atoms with Crippen LogP contribution in [0.2, 0.25) is 0 Å². The Morgan fingerprint density at radius 2 is 1.50 bits per heavy atom. The molecule has 6 nitrogen and oxygen atoms in total. The second kappa shape index (κ2) is 7.31. The maximum absolute atomic E-state index is 12.5. The largest absolute Gasteiger partial charge is 0.384 e. The molecule has 4 fully saturated rings. The summed E-state index contributed by atoms with van der Waals surface area (Å²) in [7, 11) is 0. The van der Waals surface area contributed by atoms with Crippen molar-refractivity contribution >= 4 is 23.2 Å². The van der Waals surface area contributed by atoms with Gasteiger partial charge in [0.05, 0.1) is 0 Å². The second-order valence-electron chi connectivity index (χ2n) is 8.72. The molecule has 0 atom stereocenters. The van der Waals surface area contributed by atoms with Crippen molar-refractivity contribution in [2.24, 2.45) is 17.8 Å². The number of nitrogens with zero attached hydrogens (tertiary/aromatic N) is 1. The van der Waals surface area contributed by atoms with E-state index in [1.165, 1.54) is 26.2 Å². The number of benzene rings is 1. The lowest BCUT2D eigenvalue weighted by atomic mass is 9.53. The molecule has 4 saturated carbocycles. The fraction of sp³-hybridized carbons (Fsp3) is 0.500. The van der Waals surface area contributed by atoms with E-state index in [9.17, 15) is 14.9 Å². The predicted molar refractivity (Wildman–Crippen MR) is 107 cm³/mol. The molecule has 1 aromatic rings. The maximum atomic E-state index is 12.5. The lowest BCUT2D eigenvalue weighted by molar-refractivity contribution is -0.114. The zero-order valence-corrected chi connectivity index (χ0v) is 16.1. The van der Waals surface area contributed by atoms with Crippen LogP contribution in [0.25, 0.3) is 0 Å². The molecule has 2 amide bonds. The van der Waals surface area contributed by atoms with Crippen LogP contribution in [-0.2, 0) is 9.59 Å². The molecule has 4 aliphatic carbocycles. The van der Waals surface area contributed by atoms with E-state index in [4.69, 9.17) is 0 Å². The average Bonchev–Trinajstić information content (AvgIpc) is 2.62. The molecule has 1 aromatic carbocycles. The van der Waals surface area contributed by atoms with Gasteiger partial charge in [-0.05, 0) is 80.5 Å². The van der Waals surface area contributed by atoms with Crippen molar-refractivity contribution < 1.29 is 9.59 Å². The van der Waals surface area contributed by atoms with E-state index in [-0.39, 0.29) is 17.0 Å². The van der Waals surface area contributed by atoms with Crippen LogP contribution >= 0.6 is 0 Å². The lowest BCUT2D eigenvalue weighted by Gasteiger charge is -2.56. The monoisotopic (exact) mass is 378 g/mol. The fourth-order valence-electron chi connectivity index (χ4n) is 5.70. The zero-order valence-electron chi connectivity index (χ0n) is 16.1. The van der Waals surface area contributed by atoms with Crippen molar-refractivity contribution in [3.05, 3.63) is 36.0 Å². The van der Waals surface area contributed by atoms with Gasteiger partial charge in [-0.25, -0.2) is 0 Å². The zero-order chi connectivity index (χ0) is 19.7. The number of anilines is 2. The van der Waals surface area contributed by atoms with E-state index in [1.807, 2.05) is 6.07 Å². The minimum Gasteiger partial charge on any atom is -0.384 e. The molecule has 0 spiro atoms. The average molecular weight is 378 g/mol. The first-order valence-corrected chi connectivity index (χ1v) is 10.0. The molecule has 4 bridgehead atoms. The summed E-state index contributed by atoms with van der Waals surface area (Å²) in [5.41, 5.74) is 1.39. The molecule has 4 aliphatic rings. The van der Waals surface area contributed by atoms with Gasteiger partial charge in [0.15, 0.2) is 0 Å². The Balaban J connectivity index is 1.40. The summed E-state index contributed by atoms with van der Waals surface area (Å²) < 4.78 is 0. The number of hydrogen-bond acceptors (Lipinski definition) is 4. The molecular weight excluding hydrogens is 352 g/mol. The van der Waals surface area contributed by atoms with Crippen LogP contribution in [0, 0.1) is 29.1 Å². The van der Waals surface area contributed by atoms with Gasteiger partial charge in [0, 0.05) is 30.0 Å². The Bertz CT molecular complexity index is 815. The van der Waals surface area contributed by atoms with Gasteiger partial charge in [0.1, 0.15) is 11.6 Å². The normalized spacial score (nSPS) is 30.4. The predicted octanol–water partition coefficient (Wildman–Crippen LogP) is 3.55. The fourth-order valence-corrected chi connectivity index (χ4v) is 5.70. The third kappa shape index (κ3) is 3.89. The summed E-state index contributed by atoms with van der Waals surface area (Å²) in [5, 5.41) is 18.4. The van der Waals surface area contributed by atoms with Crippen molar-refractivity contribution in [2.75, 3.05) is 10.6 Å². The van der Waals surface area contributed by atoms with Crippen LogP contribution in [0.5, 0.6) is 0 Å². The van der Waals surface area contributed by atoms with E-state index >= 15 is 0 Å². The highest BCUT2D eigenvalue weighted by Gasteiger charge is 2.50. The molecule has 0 aromatic heterocycles. The molecule has 28 heavy (non-hydrogen) atoms. The molecule has 5 rings (SSSR count). The van der Waals surface area contributed by atoms with Crippen molar-refractivity contribution in [1.82, 2.24) is 5.32 Å². The minimum atomic E-state index is -0.424. The summed E-state index contributed by atoms with van der Waals surface area (Å²) >= 11 is 0. The Hall–Kier alpha value is -2.81. The van der Waals surface area contributed by atoms with Gasteiger partial charge in [-0.2, -0.15) is 5.26 Å². The van der Waals surface area contributed by atoms with Gasteiger partial charge in [-0.3, -0.25) is 9.59 Å². The smallest absolute Gasteiger partial charge is 0.267 e. The number of amides is 2. The number of carbonyl (C=O) groups is 2. The first-order chi connectivity index (χ1) is 13.4. The number of nitrogens with one attached hydrogen (secondary N) is 3. The number of hydrogen-bond donors (Lipinski definition) is 3. The molecule has 0 aliphatic heterocycles. The molecule has 0 radical (unpaired) electrons. The quantitative estimate of drug-likeness (QED) is 0.539. The van der Waals surface area contributed by atoms with Crippen LogP contribution in [0.15, 0.2) is 36.0 Å². The van der Waals surface area contributed by atoms with Crippen LogP contribution in [0.4, 0.5) is 11.4 Å². The topological polar surface area (TPSA) is 94.0 Å². The molecular formula is C22H26N4O2. The molecule has 0 heterocycles. The van der Waals surface area contributed by atoms with Crippen molar-refractivity contribution in [3.63, 3.8) is 0 Å². The molecule has 0 unspecified atom stereocenters. The Morgan fingerprint density at radius 1 is 1.00 bits per heavy atom. The van der Waals surface area contributed by atoms with Gasteiger partial charge in [0.2, 0.25) is 5.91 Å². The maximum Gasteiger partial charge on any atom is 0.267 e. The van der Waals surface area contributed by atoms with Crippen LogP contribution in [0.3, 0.4) is 0 Å². The summed E-state index contributed by atoms with van der Waals surface area (Å²) in [6.07, 6.45) is 9.13. The Labute approximate surface area is 165 Å². The van der Waals surface area contributed by atoms with Crippen molar-refractivity contribution in [3.8, 4) is 6.07 Å². The van der Waals surface area contributed by atoms with Gasteiger partial charge in [0.25, 0.3) is 5.91 Å². The Kier molecular flexibility index (Phi) is 4.84. The highest BCUT2D eigenvalue weighted by Crippen LogP contribution is 2.55. The first-order valence-electron chi connectivity index (χ1n) is 10.0. The number of carbonyl (C=O) groups excluding carboxylic acids is 2. The van der Waals surface area contributed by atoms with Crippen molar-refractivity contribution in [2.45, 2.75) is 51.0 Å². The summed E-state index contributed by atoms with van der Waals surface area (Å²) in [6.45, 7) is 1.44. The molecule has 6 heteroatoms. The van der Waals surface area contributed by atoms with Crippen molar-refractivity contribution in [1.29, 1.82) is 5.26 Å². The highest BCUT2D eigenvalue weighted by atomic mass is 16.2. The number of rotatable bonds is 5. The third-order valence-electron chi connectivity index (χ3n) is 6.39. The van der Waals surface area contributed by atoms with Crippen LogP contribution < -0.4 is 16.0 Å². The van der Waals surface area contributed by atoms with Gasteiger partial charge in [-0.15, -0.1) is 0 Å². The molecule has 0 saturated heterocycles. The van der Waals surface area contributed by atoms with Crippen LogP contribution in [0.1, 0.15) is 45.4 Å². The van der Waals surface area contributed by atoms with Gasteiger partial charge < -0.3 is 16.0 Å². The lowest BCUT2D eigenvalue weighted by Crippen LogP contribution is -2.57. The highest BCUT2D eigenvalue weighted by molar-refractivity contribution is 6.06. The second-order valence-corrected chi connectivity index (χ2v) is 8.72. The minimum absolute atomic E-state index is 0.0666. The van der Waals surface area contributed by atoms with E-state index in [0.717, 1.165) is 37.0 Å². The van der Waals surface area contributed by atoms with Gasteiger partial charge in [-0.1, -0.05) is 0 Å². The van der Waals surface area contributed by atoms with E-state index in [2.05, 4.69) is 16.0 Å². The first kappa shape index (κ1) is 18.5. The molecule has 3 N–H and O–H groups in total. The summed E-state index contributed by atoms with van der Waals surface area (Å²) in [5.74, 6) is 1.82. The summed E-state index contributed by atoms with van der Waals surface area (Å²) in [6, 6.07) is 8.84. The van der Waals surface area contributed by atoms with E-state index in [1.54, 1.807) is 30.5 Å². The Morgan fingerprint density at radius 3 is 1.96 bits per heavy atom. The van der Waals surface area contributed by atoms with Gasteiger partial charge >= 0.3 is 0 Å². The van der Waals surface area contributed by atoms with E-state index < -0.39 is 5.91 Å². The summed E-state index contributed by atoms with van der Waals surface area (Å²) in [4.78, 5) is 23.6. The number of nitriles is 1.